The molecular weight excluding hydrogens is 286 g/mol. The van der Waals surface area contributed by atoms with Gasteiger partial charge in [0.1, 0.15) is 0 Å². The number of thiazole rings is 1. The lowest BCUT2D eigenvalue weighted by molar-refractivity contribution is -0.142. The van der Waals surface area contributed by atoms with Crippen LogP contribution in [0.15, 0.2) is 5.38 Å². The van der Waals surface area contributed by atoms with Crippen molar-refractivity contribution in [3.05, 3.63) is 11.1 Å². The molecule has 118 valence electrons. The van der Waals surface area contributed by atoms with E-state index >= 15 is 0 Å². The highest BCUT2D eigenvalue weighted by Crippen LogP contribution is 2.23. The van der Waals surface area contributed by atoms with Crippen molar-refractivity contribution in [2.75, 3.05) is 37.7 Å². The summed E-state index contributed by atoms with van der Waals surface area (Å²) in [5, 5.41) is 2.99. The van der Waals surface area contributed by atoms with Crippen molar-refractivity contribution in [3.8, 4) is 0 Å². The van der Waals surface area contributed by atoms with Crippen LogP contribution in [0.4, 0.5) is 5.13 Å². The lowest BCUT2D eigenvalue weighted by atomic mass is 10.2. The Morgan fingerprint density at radius 2 is 2.10 bits per heavy atom. The summed E-state index contributed by atoms with van der Waals surface area (Å²) in [7, 11) is 0. The van der Waals surface area contributed by atoms with Crippen LogP contribution in [0, 0.1) is 0 Å². The summed E-state index contributed by atoms with van der Waals surface area (Å²) in [4.78, 5) is 20.9. The molecule has 0 saturated carbocycles. The second-order valence-corrected chi connectivity index (χ2v) is 6.22. The third-order valence-corrected chi connectivity index (χ3v) is 4.92. The van der Waals surface area contributed by atoms with E-state index in [1.807, 2.05) is 12.3 Å². The molecular formula is C15H25N3O2S. The van der Waals surface area contributed by atoms with Gasteiger partial charge in [-0.15, -0.1) is 11.3 Å². The summed E-state index contributed by atoms with van der Waals surface area (Å²) in [6.45, 7) is 11.0. The molecule has 1 aromatic heterocycles. The van der Waals surface area contributed by atoms with Crippen molar-refractivity contribution in [2.45, 2.75) is 39.7 Å². The third kappa shape index (κ3) is 4.41. The van der Waals surface area contributed by atoms with Crippen LogP contribution in [0.2, 0.25) is 0 Å². The Labute approximate surface area is 130 Å². The van der Waals surface area contributed by atoms with Crippen molar-refractivity contribution < 1.29 is 9.53 Å². The fraction of sp³-hybridized carbons (Fsp3) is 0.733. The maximum absolute atomic E-state index is 11.5. The molecule has 21 heavy (non-hydrogen) atoms. The normalized spacial score (nSPS) is 17.8. The fourth-order valence-corrected chi connectivity index (χ4v) is 3.37. The molecule has 0 spiro atoms. The minimum Gasteiger partial charge on any atom is -0.466 e. The summed E-state index contributed by atoms with van der Waals surface area (Å²) in [6.07, 6.45) is 1.47. The van der Waals surface area contributed by atoms with Gasteiger partial charge in [-0.1, -0.05) is 6.92 Å². The molecule has 1 aliphatic rings. The Hall–Kier alpha value is -1.14. The van der Waals surface area contributed by atoms with E-state index in [4.69, 9.17) is 4.74 Å². The highest BCUT2D eigenvalue weighted by atomic mass is 32.1. The topological polar surface area (TPSA) is 45.7 Å². The van der Waals surface area contributed by atoms with E-state index in [0.29, 0.717) is 12.6 Å². The molecule has 1 aliphatic heterocycles. The third-order valence-electron chi connectivity index (χ3n) is 3.97. The molecule has 1 aromatic rings. The highest BCUT2D eigenvalue weighted by Gasteiger charge is 2.22. The van der Waals surface area contributed by atoms with Gasteiger partial charge in [-0.2, -0.15) is 0 Å². The van der Waals surface area contributed by atoms with Crippen LogP contribution in [0.25, 0.3) is 0 Å². The zero-order valence-corrected chi connectivity index (χ0v) is 14.0. The summed E-state index contributed by atoms with van der Waals surface area (Å²) >= 11 is 1.62. The average molecular weight is 311 g/mol. The van der Waals surface area contributed by atoms with E-state index in [1.54, 1.807) is 11.3 Å². The first-order valence-electron chi connectivity index (χ1n) is 7.73. The number of esters is 1. The first-order valence-corrected chi connectivity index (χ1v) is 8.61. The molecule has 0 bridgehead atoms. The summed E-state index contributed by atoms with van der Waals surface area (Å²) in [5.41, 5.74) is 0.817. The van der Waals surface area contributed by atoms with E-state index in [9.17, 15) is 4.79 Å². The predicted molar refractivity (Wildman–Crippen MR) is 86.0 cm³/mol. The average Bonchev–Trinajstić information content (AvgIpc) is 2.95. The predicted octanol–water partition coefficient (Wildman–Crippen LogP) is 2.17. The van der Waals surface area contributed by atoms with Crippen molar-refractivity contribution in [1.29, 1.82) is 0 Å². The van der Waals surface area contributed by atoms with Gasteiger partial charge in [-0.3, -0.25) is 9.69 Å². The Kier molecular flexibility index (Phi) is 5.99. The first-order chi connectivity index (χ1) is 10.1. The minimum atomic E-state index is -0.198. The number of ether oxygens (including phenoxy) is 1. The second kappa shape index (κ2) is 7.75. The Morgan fingerprint density at radius 3 is 2.71 bits per heavy atom. The SMILES string of the molecule is CCOC(=O)Cc1csc(N2CCN(C(C)CC)CC2)n1. The molecule has 1 fully saturated rings. The monoisotopic (exact) mass is 311 g/mol. The number of piperazine rings is 1. The molecule has 0 radical (unpaired) electrons. The van der Waals surface area contributed by atoms with Gasteiger partial charge < -0.3 is 9.64 Å². The minimum absolute atomic E-state index is 0.198. The van der Waals surface area contributed by atoms with Crippen molar-refractivity contribution in [1.82, 2.24) is 9.88 Å². The molecule has 5 nitrogen and oxygen atoms in total. The number of nitrogens with zero attached hydrogens (tertiary/aromatic N) is 3. The highest BCUT2D eigenvalue weighted by molar-refractivity contribution is 7.13. The van der Waals surface area contributed by atoms with Gasteiger partial charge in [0.05, 0.1) is 18.7 Å². The van der Waals surface area contributed by atoms with Crippen LogP contribution < -0.4 is 4.90 Å². The van der Waals surface area contributed by atoms with Crippen LogP contribution in [-0.4, -0.2) is 54.7 Å². The number of hydrogen-bond donors (Lipinski definition) is 0. The van der Waals surface area contributed by atoms with Crippen LogP contribution in [0.3, 0.4) is 0 Å². The number of hydrogen-bond acceptors (Lipinski definition) is 6. The van der Waals surface area contributed by atoms with Gasteiger partial charge in [-0.05, 0) is 20.3 Å². The molecule has 1 saturated heterocycles. The van der Waals surface area contributed by atoms with Gasteiger partial charge >= 0.3 is 5.97 Å². The maximum atomic E-state index is 11.5. The van der Waals surface area contributed by atoms with Gasteiger partial charge in [-0.25, -0.2) is 4.98 Å². The molecule has 2 heterocycles. The molecule has 0 aliphatic carbocycles. The zero-order chi connectivity index (χ0) is 15.2. The Balaban J connectivity index is 1.86. The molecule has 2 rings (SSSR count). The lowest BCUT2D eigenvalue weighted by Gasteiger charge is -2.37. The Bertz CT molecular complexity index is 456. The molecule has 1 atom stereocenters. The van der Waals surface area contributed by atoms with E-state index in [2.05, 4.69) is 28.6 Å². The largest absolute Gasteiger partial charge is 0.466 e. The number of anilines is 1. The molecule has 6 heteroatoms. The Morgan fingerprint density at radius 1 is 1.38 bits per heavy atom. The van der Waals surface area contributed by atoms with Gasteiger partial charge in [0.2, 0.25) is 0 Å². The van der Waals surface area contributed by atoms with Gasteiger partial charge in [0.15, 0.2) is 5.13 Å². The van der Waals surface area contributed by atoms with E-state index < -0.39 is 0 Å². The van der Waals surface area contributed by atoms with Crippen molar-refractivity contribution >= 4 is 22.4 Å². The summed E-state index contributed by atoms with van der Waals surface area (Å²) < 4.78 is 4.96. The fourth-order valence-electron chi connectivity index (χ4n) is 2.49. The van der Waals surface area contributed by atoms with Gasteiger partial charge in [0, 0.05) is 37.6 Å². The van der Waals surface area contributed by atoms with Crippen LogP contribution in [-0.2, 0) is 16.0 Å². The van der Waals surface area contributed by atoms with E-state index in [1.165, 1.54) is 6.42 Å². The van der Waals surface area contributed by atoms with Crippen LogP contribution in [0.1, 0.15) is 32.9 Å². The molecule has 0 aromatic carbocycles. The molecule has 1 unspecified atom stereocenters. The second-order valence-electron chi connectivity index (χ2n) is 5.38. The standard InChI is InChI=1S/C15H25N3O2S/c1-4-12(3)17-6-8-18(9-7-17)15-16-13(11-21-15)10-14(19)20-5-2/h11-12H,4-10H2,1-3H3. The number of carbonyl (C=O) groups is 1. The smallest absolute Gasteiger partial charge is 0.311 e. The molecule has 0 N–H and O–H groups in total. The molecule has 0 amide bonds. The number of rotatable bonds is 6. The quantitative estimate of drug-likeness (QED) is 0.754. The van der Waals surface area contributed by atoms with Crippen molar-refractivity contribution in [3.63, 3.8) is 0 Å². The van der Waals surface area contributed by atoms with Crippen LogP contribution >= 0.6 is 11.3 Å². The first kappa shape index (κ1) is 16.2. The summed E-state index contributed by atoms with van der Waals surface area (Å²) in [6, 6.07) is 0.655. The van der Waals surface area contributed by atoms with Crippen molar-refractivity contribution in [2.24, 2.45) is 0 Å². The van der Waals surface area contributed by atoms with Gasteiger partial charge in [0.25, 0.3) is 0 Å². The number of carbonyl (C=O) groups excluding carboxylic acids is 1. The lowest BCUT2D eigenvalue weighted by Crippen LogP contribution is -2.49. The summed E-state index contributed by atoms with van der Waals surface area (Å²) in [5.74, 6) is -0.198. The zero-order valence-electron chi connectivity index (χ0n) is 13.2. The van der Waals surface area contributed by atoms with E-state index in [-0.39, 0.29) is 12.4 Å². The maximum Gasteiger partial charge on any atom is 0.311 e. The number of aromatic nitrogens is 1. The van der Waals surface area contributed by atoms with E-state index in [0.717, 1.165) is 37.0 Å². The van der Waals surface area contributed by atoms with Crippen LogP contribution in [0.5, 0.6) is 0 Å².